The first-order valence-electron chi connectivity index (χ1n) is 9.31. The minimum Gasteiger partial charge on any atom is -0.338 e. The monoisotopic (exact) mass is 409 g/mol. The van der Waals surface area contributed by atoms with Gasteiger partial charge in [0, 0.05) is 30.2 Å². The third-order valence-electron chi connectivity index (χ3n) is 4.90. The molecule has 1 atom stereocenters. The van der Waals surface area contributed by atoms with Gasteiger partial charge in [0.15, 0.2) is 0 Å². The third-order valence-corrected chi connectivity index (χ3v) is 5.16. The summed E-state index contributed by atoms with van der Waals surface area (Å²) in [5, 5.41) is 7.65. The largest absolute Gasteiger partial charge is 0.338 e. The van der Waals surface area contributed by atoms with Gasteiger partial charge >= 0.3 is 0 Å². The van der Waals surface area contributed by atoms with Crippen LogP contribution in [0.2, 0.25) is 5.02 Å². The predicted octanol–water partition coefficient (Wildman–Crippen LogP) is 2.97. The lowest BCUT2D eigenvalue weighted by Crippen LogP contribution is -2.28. The zero-order chi connectivity index (χ0) is 20.2. The zero-order valence-corrected chi connectivity index (χ0v) is 16.4. The zero-order valence-electron chi connectivity index (χ0n) is 15.7. The molecule has 29 heavy (non-hydrogen) atoms. The van der Waals surface area contributed by atoms with Crippen LogP contribution < -0.4 is 5.32 Å². The van der Waals surface area contributed by atoms with Crippen LogP contribution in [0.3, 0.4) is 0 Å². The van der Waals surface area contributed by atoms with Crippen molar-refractivity contribution in [2.75, 3.05) is 11.9 Å². The number of amides is 2. The van der Waals surface area contributed by atoms with Crippen LogP contribution in [-0.2, 0) is 22.7 Å². The number of anilines is 1. The molecule has 0 radical (unpaired) electrons. The average molecular weight is 410 g/mol. The van der Waals surface area contributed by atoms with Gasteiger partial charge in [-0.25, -0.2) is 9.67 Å². The second-order valence-electron chi connectivity index (χ2n) is 7.08. The second-order valence-corrected chi connectivity index (χ2v) is 7.52. The standard InChI is InChI=1S/C21H20ClN5O2/c22-18-5-1-15(2-6-18)10-26-12-17(9-20(26)28)21(29)25-19-7-3-16(4-8-19)11-27-14-23-13-24-27/h1-8,13-14,17H,9-12H2,(H,25,29). The Labute approximate surface area is 173 Å². The van der Waals surface area contributed by atoms with Gasteiger partial charge in [-0.3, -0.25) is 9.59 Å². The number of carbonyl (C=O) groups excluding carboxylic acids is 2. The minimum absolute atomic E-state index is 0.0109. The molecule has 0 spiro atoms. The van der Waals surface area contributed by atoms with Crippen molar-refractivity contribution in [3.05, 3.63) is 77.3 Å². The molecule has 1 fully saturated rings. The van der Waals surface area contributed by atoms with Crippen molar-refractivity contribution in [3.8, 4) is 0 Å². The summed E-state index contributed by atoms with van der Waals surface area (Å²) in [4.78, 5) is 30.6. The molecular formula is C21H20ClN5O2. The van der Waals surface area contributed by atoms with Gasteiger partial charge in [0.05, 0.1) is 12.5 Å². The molecule has 0 saturated carbocycles. The average Bonchev–Trinajstić information content (AvgIpc) is 3.35. The third kappa shape index (κ3) is 4.81. The normalized spacial score (nSPS) is 16.2. The van der Waals surface area contributed by atoms with Crippen molar-refractivity contribution >= 4 is 29.1 Å². The Kier molecular flexibility index (Phi) is 5.57. The Balaban J connectivity index is 1.32. The minimum atomic E-state index is -0.357. The van der Waals surface area contributed by atoms with Crippen molar-refractivity contribution in [3.63, 3.8) is 0 Å². The Bertz CT molecular complexity index is 987. The van der Waals surface area contributed by atoms with Gasteiger partial charge < -0.3 is 10.2 Å². The fourth-order valence-electron chi connectivity index (χ4n) is 3.35. The van der Waals surface area contributed by atoms with Crippen molar-refractivity contribution in [2.45, 2.75) is 19.5 Å². The first kappa shape index (κ1) is 19.1. The molecule has 148 valence electrons. The fraction of sp³-hybridized carbons (Fsp3) is 0.238. The number of aromatic nitrogens is 3. The van der Waals surface area contributed by atoms with Crippen LogP contribution in [0.25, 0.3) is 0 Å². The molecule has 2 amide bonds. The highest BCUT2D eigenvalue weighted by molar-refractivity contribution is 6.30. The van der Waals surface area contributed by atoms with Crippen LogP contribution in [0.4, 0.5) is 5.69 Å². The van der Waals surface area contributed by atoms with Gasteiger partial charge in [0.2, 0.25) is 11.8 Å². The summed E-state index contributed by atoms with van der Waals surface area (Å²) in [6, 6.07) is 15.0. The van der Waals surface area contributed by atoms with E-state index in [-0.39, 0.29) is 24.2 Å². The molecule has 1 unspecified atom stereocenters. The molecule has 1 aliphatic rings. The summed E-state index contributed by atoms with van der Waals surface area (Å²) < 4.78 is 1.73. The maximum absolute atomic E-state index is 12.6. The summed E-state index contributed by atoms with van der Waals surface area (Å²) >= 11 is 5.90. The van der Waals surface area contributed by atoms with Crippen molar-refractivity contribution < 1.29 is 9.59 Å². The molecule has 1 N–H and O–H groups in total. The predicted molar refractivity (Wildman–Crippen MR) is 109 cm³/mol. The molecular weight excluding hydrogens is 390 g/mol. The fourth-order valence-corrected chi connectivity index (χ4v) is 3.48. The van der Waals surface area contributed by atoms with E-state index in [2.05, 4.69) is 15.4 Å². The lowest BCUT2D eigenvalue weighted by Gasteiger charge is -2.17. The van der Waals surface area contributed by atoms with Crippen molar-refractivity contribution in [1.29, 1.82) is 0 Å². The summed E-state index contributed by atoms with van der Waals surface area (Å²) in [6.07, 6.45) is 3.38. The number of benzene rings is 2. The number of hydrogen-bond donors (Lipinski definition) is 1. The Morgan fingerprint density at radius 3 is 2.45 bits per heavy atom. The molecule has 2 aromatic carbocycles. The molecule has 1 aromatic heterocycles. The highest BCUT2D eigenvalue weighted by atomic mass is 35.5. The van der Waals surface area contributed by atoms with Crippen LogP contribution in [0.1, 0.15) is 17.5 Å². The van der Waals surface area contributed by atoms with Crippen LogP contribution in [0, 0.1) is 5.92 Å². The summed E-state index contributed by atoms with van der Waals surface area (Å²) in [5.41, 5.74) is 2.76. The quantitative estimate of drug-likeness (QED) is 0.678. The first-order chi connectivity index (χ1) is 14.1. The molecule has 4 rings (SSSR count). The van der Waals surface area contributed by atoms with Crippen LogP contribution in [0.5, 0.6) is 0 Å². The van der Waals surface area contributed by atoms with Gasteiger partial charge in [-0.05, 0) is 35.4 Å². The van der Waals surface area contributed by atoms with E-state index in [1.165, 1.54) is 6.33 Å². The van der Waals surface area contributed by atoms with E-state index >= 15 is 0 Å². The highest BCUT2D eigenvalue weighted by Gasteiger charge is 2.34. The number of likely N-dealkylation sites (tertiary alicyclic amines) is 1. The SMILES string of the molecule is O=C(Nc1ccc(Cn2cncn2)cc1)C1CC(=O)N(Cc2ccc(Cl)cc2)C1. The molecule has 0 bridgehead atoms. The molecule has 1 aliphatic heterocycles. The van der Waals surface area contributed by atoms with E-state index < -0.39 is 0 Å². The highest BCUT2D eigenvalue weighted by Crippen LogP contribution is 2.23. The van der Waals surface area contributed by atoms with E-state index in [1.807, 2.05) is 36.4 Å². The number of carbonyl (C=O) groups is 2. The van der Waals surface area contributed by atoms with Crippen LogP contribution >= 0.6 is 11.6 Å². The van der Waals surface area contributed by atoms with E-state index in [1.54, 1.807) is 28.0 Å². The van der Waals surface area contributed by atoms with Gasteiger partial charge in [-0.1, -0.05) is 35.9 Å². The number of rotatable bonds is 6. The molecule has 1 saturated heterocycles. The van der Waals surface area contributed by atoms with Crippen LogP contribution in [0.15, 0.2) is 61.2 Å². The van der Waals surface area contributed by atoms with Crippen molar-refractivity contribution in [1.82, 2.24) is 19.7 Å². The first-order valence-corrected chi connectivity index (χ1v) is 9.69. The summed E-state index contributed by atoms with van der Waals surface area (Å²) in [5.74, 6) is -0.506. The maximum Gasteiger partial charge on any atom is 0.229 e. The summed E-state index contributed by atoms with van der Waals surface area (Å²) in [7, 11) is 0. The molecule has 7 nitrogen and oxygen atoms in total. The van der Waals surface area contributed by atoms with E-state index in [0.717, 1.165) is 11.1 Å². The van der Waals surface area contributed by atoms with E-state index in [9.17, 15) is 9.59 Å². The van der Waals surface area contributed by atoms with Gasteiger partial charge in [-0.15, -0.1) is 0 Å². The molecule has 0 aliphatic carbocycles. The second kappa shape index (κ2) is 8.45. The Morgan fingerprint density at radius 2 is 1.76 bits per heavy atom. The Hall–Kier alpha value is -3.19. The number of nitrogens with one attached hydrogen (secondary N) is 1. The van der Waals surface area contributed by atoms with Gasteiger partial charge in [0.25, 0.3) is 0 Å². The summed E-state index contributed by atoms with van der Waals surface area (Å²) in [6.45, 7) is 1.51. The van der Waals surface area contributed by atoms with Crippen LogP contribution in [-0.4, -0.2) is 38.0 Å². The number of nitrogens with zero attached hydrogens (tertiary/aromatic N) is 4. The molecule has 2 heterocycles. The van der Waals surface area contributed by atoms with E-state index in [4.69, 9.17) is 11.6 Å². The number of halogens is 1. The van der Waals surface area contributed by atoms with E-state index in [0.29, 0.717) is 30.3 Å². The van der Waals surface area contributed by atoms with Gasteiger partial charge in [0.1, 0.15) is 12.7 Å². The topological polar surface area (TPSA) is 80.1 Å². The lowest BCUT2D eigenvalue weighted by atomic mass is 10.1. The Morgan fingerprint density at radius 1 is 1.07 bits per heavy atom. The van der Waals surface area contributed by atoms with Crippen molar-refractivity contribution in [2.24, 2.45) is 5.92 Å². The maximum atomic E-state index is 12.6. The lowest BCUT2D eigenvalue weighted by molar-refractivity contribution is -0.128. The molecule has 3 aromatic rings. The molecule has 8 heteroatoms. The number of hydrogen-bond acceptors (Lipinski definition) is 4. The smallest absolute Gasteiger partial charge is 0.229 e. The van der Waals surface area contributed by atoms with Gasteiger partial charge in [-0.2, -0.15) is 5.10 Å².